The third kappa shape index (κ3) is 5.84. The van der Waals surface area contributed by atoms with E-state index in [-0.39, 0.29) is 28.1 Å². The van der Waals surface area contributed by atoms with E-state index in [1.165, 1.54) is 24.3 Å². The lowest BCUT2D eigenvalue weighted by Gasteiger charge is -2.15. The van der Waals surface area contributed by atoms with Gasteiger partial charge in [-0.25, -0.2) is 19.1 Å². The maximum atomic E-state index is 13.1. The highest BCUT2D eigenvalue weighted by Gasteiger charge is 2.39. The first-order valence-corrected chi connectivity index (χ1v) is 11.3. The zero-order chi connectivity index (χ0) is 26.9. The summed E-state index contributed by atoms with van der Waals surface area (Å²) < 4.78 is 41.8. The van der Waals surface area contributed by atoms with Gasteiger partial charge >= 0.3 is 17.8 Å². The SMILES string of the molecule is O=C(O)Cn1nc(Cn2nc(-c3ccc(Cl)cc3)n(CC(O)C(F)(F)F)c2=O)nc1-c1ccccc1Cl. The van der Waals surface area contributed by atoms with Gasteiger partial charge in [0, 0.05) is 16.1 Å². The van der Waals surface area contributed by atoms with Crippen LogP contribution in [0.2, 0.25) is 10.0 Å². The van der Waals surface area contributed by atoms with Gasteiger partial charge in [-0.2, -0.15) is 18.3 Å². The van der Waals surface area contributed by atoms with Crippen LogP contribution in [0.5, 0.6) is 0 Å². The molecule has 10 nitrogen and oxygen atoms in total. The Bertz CT molecular complexity index is 1500. The van der Waals surface area contributed by atoms with Crippen molar-refractivity contribution in [3.63, 3.8) is 0 Å². The van der Waals surface area contributed by atoms with Gasteiger partial charge in [0.2, 0.25) is 0 Å². The second kappa shape index (κ2) is 10.4. The van der Waals surface area contributed by atoms with Crippen molar-refractivity contribution in [2.24, 2.45) is 0 Å². The third-order valence-electron chi connectivity index (χ3n) is 5.17. The number of halogens is 5. The number of rotatable bonds is 8. The normalized spacial score (nSPS) is 12.6. The Morgan fingerprint density at radius 1 is 1.00 bits per heavy atom. The molecule has 15 heteroatoms. The number of hydrogen-bond donors (Lipinski definition) is 2. The number of alkyl halides is 3. The van der Waals surface area contributed by atoms with Crippen molar-refractivity contribution in [3.8, 4) is 22.8 Å². The fourth-order valence-electron chi connectivity index (χ4n) is 3.47. The van der Waals surface area contributed by atoms with Crippen LogP contribution in [0.4, 0.5) is 13.2 Å². The van der Waals surface area contributed by atoms with Gasteiger partial charge < -0.3 is 10.2 Å². The molecule has 1 atom stereocenters. The number of aliphatic hydroxyl groups is 1. The highest BCUT2D eigenvalue weighted by atomic mass is 35.5. The molecule has 2 aromatic carbocycles. The molecule has 2 N–H and O–H groups in total. The molecule has 2 heterocycles. The second-order valence-electron chi connectivity index (χ2n) is 7.82. The minimum atomic E-state index is -4.97. The lowest BCUT2D eigenvalue weighted by atomic mass is 10.2. The fourth-order valence-corrected chi connectivity index (χ4v) is 3.81. The van der Waals surface area contributed by atoms with Crippen LogP contribution in [0.15, 0.2) is 53.3 Å². The number of nitrogens with zero attached hydrogens (tertiary/aromatic N) is 6. The summed E-state index contributed by atoms with van der Waals surface area (Å²) in [4.78, 5) is 28.7. The minimum absolute atomic E-state index is 0.0399. The van der Waals surface area contributed by atoms with Gasteiger partial charge in [-0.15, -0.1) is 5.10 Å². The van der Waals surface area contributed by atoms with Crippen molar-refractivity contribution in [2.75, 3.05) is 0 Å². The average molecular weight is 557 g/mol. The molecule has 0 aliphatic rings. The van der Waals surface area contributed by atoms with Crippen molar-refractivity contribution >= 4 is 29.2 Å². The van der Waals surface area contributed by atoms with Crippen LogP contribution in [0.25, 0.3) is 22.8 Å². The summed E-state index contributed by atoms with van der Waals surface area (Å²) in [7, 11) is 0. The highest BCUT2D eigenvalue weighted by Crippen LogP contribution is 2.27. The molecule has 0 spiro atoms. The van der Waals surface area contributed by atoms with Crippen molar-refractivity contribution in [2.45, 2.75) is 31.9 Å². The van der Waals surface area contributed by atoms with Gasteiger partial charge in [-0.05, 0) is 36.4 Å². The average Bonchev–Trinajstić information content (AvgIpc) is 3.34. The Balaban J connectivity index is 1.78. The first kappa shape index (κ1) is 26.4. The molecule has 194 valence electrons. The number of carbonyl (C=O) groups is 1. The van der Waals surface area contributed by atoms with Crippen LogP contribution >= 0.6 is 23.2 Å². The maximum absolute atomic E-state index is 13.1. The van der Waals surface area contributed by atoms with Crippen molar-refractivity contribution in [1.29, 1.82) is 0 Å². The van der Waals surface area contributed by atoms with E-state index in [9.17, 15) is 33.0 Å². The Kier molecular flexibility index (Phi) is 7.39. The van der Waals surface area contributed by atoms with E-state index >= 15 is 0 Å². The Morgan fingerprint density at radius 2 is 1.68 bits per heavy atom. The lowest BCUT2D eigenvalue weighted by Crippen LogP contribution is -2.37. The van der Waals surface area contributed by atoms with E-state index in [2.05, 4.69) is 15.2 Å². The second-order valence-corrected chi connectivity index (χ2v) is 8.67. The van der Waals surface area contributed by atoms with E-state index in [0.717, 1.165) is 9.36 Å². The summed E-state index contributed by atoms with van der Waals surface area (Å²) in [6, 6.07) is 12.4. The summed E-state index contributed by atoms with van der Waals surface area (Å²) >= 11 is 12.1. The molecule has 1 unspecified atom stereocenters. The van der Waals surface area contributed by atoms with Gasteiger partial charge in [-0.3, -0.25) is 9.36 Å². The van der Waals surface area contributed by atoms with E-state index < -0.39 is 43.6 Å². The number of carboxylic acids is 1. The molecule has 2 aromatic heterocycles. The zero-order valence-electron chi connectivity index (χ0n) is 18.6. The fraction of sp³-hybridized carbons (Fsp3) is 0.227. The van der Waals surface area contributed by atoms with Crippen LogP contribution in [0, 0.1) is 0 Å². The summed E-state index contributed by atoms with van der Waals surface area (Å²) in [6.07, 6.45) is -7.80. The first-order chi connectivity index (χ1) is 17.4. The molecule has 0 fully saturated rings. The zero-order valence-corrected chi connectivity index (χ0v) is 20.1. The van der Waals surface area contributed by atoms with Crippen molar-refractivity contribution < 1.29 is 28.2 Å². The largest absolute Gasteiger partial charge is 0.480 e. The van der Waals surface area contributed by atoms with Gasteiger partial charge in [0.05, 0.1) is 11.6 Å². The molecule has 0 saturated heterocycles. The molecule has 0 aliphatic heterocycles. The molecular weight excluding hydrogens is 540 g/mol. The molecule has 0 bridgehead atoms. The van der Waals surface area contributed by atoms with Crippen LogP contribution in [0.3, 0.4) is 0 Å². The molecule has 0 aliphatic carbocycles. The minimum Gasteiger partial charge on any atom is -0.480 e. The number of aliphatic carboxylic acids is 1. The topological polar surface area (TPSA) is 128 Å². The van der Waals surface area contributed by atoms with Gasteiger partial charge in [0.15, 0.2) is 23.6 Å². The Morgan fingerprint density at radius 3 is 2.30 bits per heavy atom. The van der Waals surface area contributed by atoms with Gasteiger partial charge in [0.1, 0.15) is 13.1 Å². The van der Waals surface area contributed by atoms with Crippen LogP contribution in [0.1, 0.15) is 5.82 Å². The molecular formula is C22H17Cl2F3N6O4. The van der Waals surface area contributed by atoms with Gasteiger partial charge in [-0.1, -0.05) is 35.3 Å². The van der Waals surface area contributed by atoms with Gasteiger partial charge in [0.25, 0.3) is 0 Å². The first-order valence-electron chi connectivity index (χ1n) is 10.5. The predicted molar refractivity (Wildman–Crippen MR) is 126 cm³/mol. The smallest absolute Gasteiger partial charge is 0.416 e. The van der Waals surface area contributed by atoms with E-state index in [1.807, 2.05) is 0 Å². The van der Waals surface area contributed by atoms with E-state index in [0.29, 0.717) is 15.2 Å². The summed E-state index contributed by atoms with van der Waals surface area (Å²) in [6.45, 7) is -2.07. The van der Waals surface area contributed by atoms with E-state index in [4.69, 9.17) is 23.2 Å². The lowest BCUT2D eigenvalue weighted by molar-refractivity contribution is -0.207. The number of carboxylic acid groups (broad SMARTS) is 1. The van der Waals surface area contributed by atoms with Crippen LogP contribution in [-0.2, 0) is 24.4 Å². The molecule has 0 saturated carbocycles. The standard InChI is InChI=1S/C22H17Cl2F3N6O4/c23-13-7-5-12(6-8-13)19-30-33(21(37)31(19)9-16(34)22(25,26)27)10-17-28-20(32(29-17)11-18(35)36)14-3-1-2-4-15(14)24/h1-8,16,34H,9-11H2,(H,35,36). The van der Waals surface area contributed by atoms with E-state index in [1.54, 1.807) is 24.3 Å². The van der Waals surface area contributed by atoms with Crippen LogP contribution in [-0.4, -0.2) is 57.6 Å². The highest BCUT2D eigenvalue weighted by molar-refractivity contribution is 6.33. The molecule has 4 aromatic rings. The number of benzene rings is 2. The summed E-state index contributed by atoms with van der Waals surface area (Å²) in [5.74, 6) is -1.29. The third-order valence-corrected chi connectivity index (χ3v) is 5.75. The number of aromatic nitrogens is 6. The quantitative estimate of drug-likeness (QED) is 0.340. The maximum Gasteiger partial charge on any atom is 0.416 e. The summed E-state index contributed by atoms with van der Waals surface area (Å²) in [5, 5.41) is 27.8. The molecule has 0 radical (unpaired) electrons. The van der Waals surface area contributed by atoms with Crippen molar-refractivity contribution in [1.82, 2.24) is 29.1 Å². The number of hydrogen-bond acceptors (Lipinski definition) is 6. The predicted octanol–water partition coefficient (Wildman–Crippen LogP) is 3.33. The molecule has 37 heavy (non-hydrogen) atoms. The molecule has 0 amide bonds. The monoisotopic (exact) mass is 556 g/mol. The Hall–Kier alpha value is -3.68. The van der Waals surface area contributed by atoms with Crippen molar-refractivity contribution in [3.05, 3.63) is 74.9 Å². The summed E-state index contributed by atoms with van der Waals surface area (Å²) in [5.41, 5.74) is -0.310. The van der Waals surface area contributed by atoms with Crippen LogP contribution < -0.4 is 5.69 Å². The number of aliphatic hydroxyl groups excluding tert-OH is 1. The Labute approximate surface area is 216 Å². The molecule has 4 rings (SSSR count).